The highest BCUT2D eigenvalue weighted by Crippen LogP contribution is 2.34. The number of benzene rings is 2. The van der Waals surface area contributed by atoms with Crippen molar-refractivity contribution in [2.75, 3.05) is 23.3 Å². The molecular formula is C23H20ClN9O. The zero-order valence-corrected chi connectivity index (χ0v) is 18.9. The summed E-state index contributed by atoms with van der Waals surface area (Å²) in [6.45, 7) is 1.46. The minimum absolute atomic E-state index is 0.151. The first-order valence-electron chi connectivity index (χ1n) is 10.7. The van der Waals surface area contributed by atoms with Crippen molar-refractivity contribution in [3.05, 3.63) is 60.3 Å². The topological polar surface area (TPSA) is 120 Å². The average molecular weight is 474 g/mol. The van der Waals surface area contributed by atoms with E-state index in [1.54, 1.807) is 24.7 Å². The minimum Gasteiger partial charge on any atom is -0.456 e. The molecule has 1 aliphatic rings. The monoisotopic (exact) mass is 473 g/mol. The van der Waals surface area contributed by atoms with Crippen LogP contribution in [0.5, 0.6) is 11.5 Å². The number of hydrogen-bond acceptors (Lipinski definition) is 9. The standard InChI is InChI=1S/C23H20ClN9O/c1-32-12-29-17-7-15(3-4-19(17)32)34-20-5-2-14(6-16(20)24)30-22-21-18(27-11-28-22)8-26-23(31-21)33-9-13(25)10-33/h2-8,11-13H,9-10,25H2,1H3,(H,27,28,30). The maximum Gasteiger partial charge on any atom is 0.226 e. The largest absolute Gasteiger partial charge is 0.456 e. The van der Waals surface area contributed by atoms with E-state index in [2.05, 4.69) is 30.2 Å². The van der Waals surface area contributed by atoms with Crippen LogP contribution >= 0.6 is 11.6 Å². The Morgan fingerprint density at radius 1 is 1.06 bits per heavy atom. The van der Waals surface area contributed by atoms with Gasteiger partial charge >= 0.3 is 0 Å². The van der Waals surface area contributed by atoms with Crippen LogP contribution < -0.4 is 20.7 Å². The SMILES string of the molecule is Cn1cnc2cc(Oc3ccc(Nc4ncnc5cnc(N6CC(N)C6)nc45)cc3Cl)ccc21. The molecule has 0 spiro atoms. The molecule has 11 heteroatoms. The van der Waals surface area contributed by atoms with E-state index in [4.69, 9.17) is 22.1 Å². The Kier molecular flexibility index (Phi) is 4.89. The van der Waals surface area contributed by atoms with Gasteiger partial charge in [-0.25, -0.2) is 24.9 Å². The molecule has 0 atom stereocenters. The van der Waals surface area contributed by atoms with Gasteiger partial charge in [0.25, 0.3) is 0 Å². The van der Waals surface area contributed by atoms with Gasteiger partial charge in [0.2, 0.25) is 5.95 Å². The number of nitrogens with one attached hydrogen (secondary N) is 1. The maximum absolute atomic E-state index is 6.53. The summed E-state index contributed by atoms with van der Waals surface area (Å²) in [6, 6.07) is 11.3. The van der Waals surface area contributed by atoms with Crippen molar-refractivity contribution in [3.8, 4) is 11.5 Å². The fourth-order valence-corrected chi connectivity index (χ4v) is 4.09. The van der Waals surface area contributed by atoms with Crippen LogP contribution in [0, 0.1) is 0 Å². The van der Waals surface area contributed by atoms with E-state index in [0.29, 0.717) is 39.3 Å². The van der Waals surface area contributed by atoms with Crippen molar-refractivity contribution in [2.24, 2.45) is 12.8 Å². The normalized spacial score (nSPS) is 13.9. The van der Waals surface area contributed by atoms with Crippen LogP contribution in [0.1, 0.15) is 0 Å². The van der Waals surface area contributed by atoms with Gasteiger partial charge in [0.1, 0.15) is 28.9 Å². The molecule has 0 saturated carbocycles. The Labute approximate surface area is 199 Å². The highest BCUT2D eigenvalue weighted by molar-refractivity contribution is 6.32. The fraction of sp³-hybridized carbons (Fsp3) is 0.174. The van der Waals surface area contributed by atoms with Crippen LogP contribution in [0.2, 0.25) is 5.02 Å². The molecule has 5 aromatic rings. The number of halogens is 1. The van der Waals surface area contributed by atoms with Crippen molar-refractivity contribution in [2.45, 2.75) is 6.04 Å². The first-order valence-corrected chi connectivity index (χ1v) is 11.0. The molecule has 0 unspecified atom stereocenters. The van der Waals surface area contributed by atoms with Crippen LogP contribution in [-0.2, 0) is 7.05 Å². The van der Waals surface area contributed by atoms with Crippen molar-refractivity contribution in [3.63, 3.8) is 0 Å². The molecule has 0 aliphatic carbocycles. The Hall–Kier alpha value is -4.02. The summed E-state index contributed by atoms with van der Waals surface area (Å²) < 4.78 is 7.95. The average Bonchev–Trinajstić information content (AvgIpc) is 3.19. The third-order valence-corrected chi connectivity index (χ3v) is 5.97. The number of imidazole rings is 1. The lowest BCUT2D eigenvalue weighted by molar-refractivity contribution is 0.483. The smallest absolute Gasteiger partial charge is 0.226 e. The number of aryl methyl sites for hydroxylation is 1. The van der Waals surface area contributed by atoms with Gasteiger partial charge in [-0.3, -0.25) is 0 Å². The van der Waals surface area contributed by atoms with E-state index in [1.165, 1.54) is 6.33 Å². The molecule has 3 N–H and O–H groups in total. The summed E-state index contributed by atoms with van der Waals surface area (Å²) in [5.74, 6) is 2.36. The van der Waals surface area contributed by atoms with Gasteiger partial charge in [-0.05, 0) is 30.3 Å². The third-order valence-electron chi connectivity index (χ3n) is 5.68. The van der Waals surface area contributed by atoms with E-state index >= 15 is 0 Å². The summed E-state index contributed by atoms with van der Waals surface area (Å²) >= 11 is 6.53. The maximum atomic E-state index is 6.53. The Morgan fingerprint density at radius 3 is 2.76 bits per heavy atom. The van der Waals surface area contributed by atoms with E-state index < -0.39 is 0 Å². The Balaban J connectivity index is 1.25. The number of nitrogens with two attached hydrogens (primary N) is 1. The first kappa shape index (κ1) is 20.6. The lowest BCUT2D eigenvalue weighted by Crippen LogP contribution is -2.56. The summed E-state index contributed by atoms with van der Waals surface area (Å²) in [4.78, 5) is 24.1. The molecule has 0 amide bonds. The molecule has 34 heavy (non-hydrogen) atoms. The van der Waals surface area contributed by atoms with Gasteiger partial charge in [-0.2, -0.15) is 0 Å². The zero-order chi connectivity index (χ0) is 23.2. The van der Waals surface area contributed by atoms with Crippen molar-refractivity contribution >= 4 is 51.1 Å². The minimum atomic E-state index is 0.151. The second-order valence-corrected chi connectivity index (χ2v) is 8.58. The van der Waals surface area contributed by atoms with Crippen LogP contribution in [0.15, 0.2) is 55.2 Å². The highest BCUT2D eigenvalue weighted by Gasteiger charge is 2.25. The highest BCUT2D eigenvalue weighted by atomic mass is 35.5. The molecule has 1 fully saturated rings. The molecule has 0 bridgehead atoms. The predicted octanol–water partition coefficient (Wildman–Crippen LogP) is 3.64. The number of fused-ring (bicyclic) bond motifs is 2. The van der Waals surface area contributed by atoms with Crippen LogP contribution in [0.4, 0.5) is 17.5 Å². The van der Waals surface area contributed by atoms with Gasteiger partial charge in [-0.1, -0.05) is 11.6 Å². The van der Waals surface area contributed by atoms with Crippen molar-refractivity contribution in [1.29, 1.82) is 0 Å². The fourth-order valence-electron chi connectivity index (χ4n) is 3.87. The molecule has 170 valence electrons. The molecule has 1 saturated heterocycles. The molecule has 3 aromatic heterocycles. The second kappa shape index (κ2) is 8.08. The number of hydrogen-bond donors (Lipinski definition) is 2. The van der Waals surface area contributed by atoms with Crippen molar-refractivity contribution in [1.82, 2.24) is 29.5 Å². The number of ether oxygens (including phenoxy) is 1. The lowest BCUT2D eigenvalue weighted by atomic mass is 10.1. The summed E-state index contributed by atoms with van der Waals surface area (Å²) in [5.41, 5.74) is 9.77. The molecule has 2 aromatic carbocycles. The van der Waals surface area contributed by atoms with Gasteiger partial charge in [0.05, 0.1) is 28.6 Å². The number of anilines is 3. The third kappa shape index (κ3) is 3.72. The van der Waals surface area contributed by atoms with Gasteiger partial charge in [-0.15, -0.1) is 0 Å². The predicted molar refractivity (Wildman–Crippen MR) is 131 cm³/mol. The summed E-state index contributed by atoms with van der Waals surface area (Å²) in [7, 11) is 1.95. The summed E-state index contributed by atoms with van der Waals surface area (Å²) in [5, 5.41) is 3.73. The Morgan fingerprint density at radius 2 is 1.94 bits per heavy atom. The molecule has 6 rings (SSSR count). The van der Waals surface area contributed by atoms with Crippen molar-refractivity contribution < 1.29 is 4.74 Å². The molecular weight excluding hydrogens is 454 g/mol. The quantitative estimate of drug-likeness (QED) is 0.394. The second-order valence-electron chi connectivity index (χ2n) is 8.17. The number of rotatable bonds is 5. The zero-order valence-electron chi connectivity index (χ0n) is 18.2. The van der Waals surface area contributed by atoms with E-state index in [0.717, 1.165) is 29.8 Å². The molecule has 1 aliphatic heterocycles. The Bertz CT molecular complexity index is 1530. The van der Waals surface area contributed by atoms with Crippen LogP contribution in [0.3, 0.4) is 0 Å². The van der Waals surface area contributed by atoms with Gasteiger partial charge in [0, 0.05) is 37.9 Å². The molecule has 10 nitrogen and oxygen atoms in total. The van der Waals surface area contributed by atoms with Crippen LogP contribution in [-0.4, -0.2) is 48.6 Å². The van der Waals surface area contributed by atoms with Crippen LogP contribution in [0.25, 0.3) is 22.1 Å². The lowest BCUT2D eigenvalue weighted by Gasteiger charge is -2.36. The van der Waals surface area contributed by atoms with E-state index in [9.17, 15) is 0 Å². The molecule has 0 radical (unpaired) electrons. The number of aromatic nitrogens is 6. The number of nitrogens with zero attached hydrogens (tertiary/aromatic N) is 7. The summed E-state index contributed by atoms with van der Waals surface area (Å²) in [6.07, 6.45) is 4.93. The van der Waals surface area contributed by atoms with E-state index in [-0.39, 0.29) is 6.04 Å². The van der Waals surface area contributed by atoms with Gasteiger partial charge < -0.3 is 25.3 Å². The van der Waals surface area contributed by atoms with E-state index in [1.807, 2.05) is 40.8 Å². The first-order chi connectivity index (χ1) is 16.5. The van der Waals surface area contributed by atoms with Gasteiger partial charge in [0.15, 0.2) is 5.82 Å². The molecule has 4 heterocycles.